The fourth-order valence-electron chi connectivity index (χ4n) is 1.68. The molecular formula is C11H10ClN5S. The summed E-state index contributed by atoms with van der Waals surface area (Å²) in [7, 11) is 0. The van der Waals surface area contributed by atoms with Gasteiger partial charge in [0.1, 0.15) is 17.3 Å². The molecule has 3 rings (SSSR count). The molecule has 18 heavy (non-hydrogen) atoms. The number of fused-ring (bicyclic) bond motifs is 1. The van der Waals surface area contributed by atoms with Crippen molar-refractivity contribution in [3.63, 3.8) is 0 Å². The van der Waals surface area contributed by atoms with Gasteiger partial charge in [-0.2, -0.15) is 30.9 Å². The van der Waals surface area contributed by atoms with E-state index in [1.807, 2.05) is 6.92 Å². The molecule has 0 saturated carbocycles. The van der Waals surface area contributed by atoms with Crippen molar-refractivity contribution in [2.24, 2.45) is 0 Å². The predicted molar refractivity (Wildman–Crippen MR) is 72.2 cm³/mol. The minimum Gasteiger partial charge on any atom is -0.365 e. The van der Waals surface area contributed by atoms with Crippen LogP contribution in [0.4, 0.5) is 5.82 Å². The molecule has 1 N–H and O–H groups in total. The number of nitrogens with zero attached hydrogens (tertiary/aromatic N) is 4. The maximum Gasteiger partial charge on any atom is 0.255 e. The van der Waals surface area contributed by atoms with E-state index >= 15 is 0 Å². The van der Waals surface area contributed by atoms with Gasteiger partial charge in [0, 0.05) is 12.1 Å². The molecule has 0 fully saturated rings. The summed E-state index contributed by atoms with van der Waals surface area (Å²) in [6.07, 6.45) is 1.47. The summed E-state index contributed by atoms with van der Waals surface area (Å²) in [5, 5.41) is 12.1. The van der Waals surface area contributed by atoms with E-state index in [9.17, 15) is 0 Å². The van der Waals surface area contributed by atoms with Crippen molar-refractivity contribution >= 4 is 34.5 Å². The van der Waals surface area contributed by atoms with Crippen molar-refractivity contribution in [3.05, 3.63) is 39.4 Å². The van der Waals surface area contributed by atoms with E-state index in [0.717, 1.165) is 17.9 Å². The predicted octanol–water partition coefficient (Wildman–Crippen LogP) is 2.76. The summed E-state index contributed by atoms with van der Waals surface area (Å²) in [6.45, 7) is 2.63. The van der Waals surface area contributed by atoms with Crippen LogP contribution < -0.4 is 5.32 Å². The highest BCUT2D eigenvalue weighted by Crippen LogP contribution is 2.22. The van der Waals surface area contributed by atoms with E-state index in [1.54, 1.807) is 15.9 Å². The third kappa shape index (κ3) is 1.93. The average molecular weight is 280 g/mol. The second kappa shape index (κ2) is 4.55. The van der Waals surface area contributed by atoms with Gasteiger partial charge in [0.2, 0.25) is 0 Å². The van der Waals surface area contributed by atoms with Gasteiger partial charge in [-0.25, -0.2) is 0 Å². The van der Waals surface area contributed by atoms with E-state index in [4.69, 9.17) is 11.6 Å². The van der Waals surface area contributed by atoms with Crippen LogP contribution in [0.25, 0.3) is 5.78 Å². The van der Waals surface area contributed by atoms with Crippen molar-refractivity contribution < 1.29 is 0 Å². The molecule has 0 radical (unpaired) electrons. The largest absolute Gasteiger partial charge is 0.365 e. The van der Waals surface area contributed by atoms with E-state index in [0.29, 0.717) is 10.9 Å². The second-order valence-electron chi connectivity index (χ2n) is 3.83. The molecule has 0 spiro atoms. The fraction of sp³-hybridized carbons (Fsp3) is 0.182. The molecule has 0 saturated heterocycles. The highest BCUT2D eigenvalue weighted by Gasteiger charge is 2.11. The molecular weight excluding hydrogens is 270 g/mol. The third-order valence-electron chi connectivity index (χ3n) is 2.64. The summed E-state index contributed by atoms with van der Waals surface area (Å²) in [4.78, 5) is 8.20. The van der Waals surface area contributed by atoms with Crippen LogP contribution in [0.5, 0.6) is 0 Å². The molecule has 0 amide bonds. The van der Waals surface area contributed by atoms with Gasteiger partial charge in [-0.1, -0.05) is 11.6 Å². The summed E-state index contributed by atoms with van der Waals surface area (Å²) >= 11 is 7.75. The standard InChI is InChI=1S/C11H10ClN5S/c1-7-9(12)16-11-14-6-15-17(11)10(7)13-4-8-2-3-18-5-8/h2-3,5-6,13H,4H2,1H3. The zero-order chi connectivity index (χ0) is 12.5. The van der Waals surface area contributed by atoms with Crippen LogP contribution >= 0.6 is 22.9 Å². The first-order valence-electron chi connectivity index (χ1n) is 5.36. The lowest BCUT2D eigenvalue weighted by atomic mass is 10.3. The van der Waals surface area contributed by atoms with Crippen LogP contribution in [0.2, 0.25) is 5.15 Å². The summed E-state index contributed by atoms with van der Waals surface area (Å²) in [5.74, 6) is 1.33. The number of nitrogens with one attached hydrogen (secondary N) is 1. The van der Waals surface area contributed by atoms with Crippen LogP contribution in [0, 0.1) is 6.92 Å². The molecule has 0 atom stereocenters. The summed E-state index contributed by atoms with van der Waals surface area (Å²) in [6, 6.07) is 2.08. The van der Waals surface area contributed by atoms with Gasteiger partial charge in [0.05, 0.1) is 0 Å². The molecule has 5 nitrogen and oxygen atoms in total. The first kappa shape index (κ1) is 11.4. The zero-order valence-electron chi connectivity index (χ0n) is 9.59. The number of hydrogen-bond acceptors (Lipinski definition) is 5. The van der Waals surface area contributed by atoms with Crippen molar-refractivity contribution in [3.8, 4) is 0 Å². The van der Waals surface area contributed by atoms with Crippen LogP contribution in [0.15, 0.2) is 23.2 Å². The number of anilines is 1. The van der Waals surface area contributed by atoms with Crippen LogP contribution in [0.3, 0.4) is 0 Å². The highest BCUT2D eigenvalue weighted by molar-refractivity contribution is 7.07. The van der Waals surface area contributed by atoms with Crippen LogP contribution in [-0.4, -0.2) is 19.6 Å². The van der Waals surface area contributed by atoms with Crippen molar-refractivity contribution in [1.82, 2.24) is 19.6 Å². The Kier molecular flexibility index (Phi) is 2.89. The fourth-order valence-corrected chi connectivity index (χ4v) is 2.52. The molecule has 3 heterocycles. The number of rotatable bonds is 3. The number of hydrogen-bond donors (Lipinski definition) is 1. The van der Waals surface area contributed by atoms with Crippen LogP contribution in [0.1, 0.15) is 11.1 Å². The maximum absolute atomic E-state index is 6.08. The third-order valence-corrected chi connectivity index (χ3v) is 3.74. The monoisotopic (exact) mass is 279 g/mol. The molecule has 0 aliphatic rings. The molecule has 92 valence electrons. The molecule has 7 heteroatoms. The Balaban J connectivity index is 1.99. The summed E-state index contributed by atoms with van der Waals surface area (Å²) < 4.78 is 1.66. The Morgan fingerprint density at radius 3 is 3.17 bits per heavy atom. The first-order valence-corrected chi connectivity index (χ1v) is 6.68. The minimum atomic E-state index is 0.448. The number of halogens is 1. The first-order chi connectivity index (χ1) is 8.75. The van der Waals surface area contributed by atoms with Crippen molar-refractivity contribution in [1.29, 1.82) is 0 Å². The number of thiophene rings is 1. The topological polar surface area (TPSA) is 55.1 Å². The van der Waals surface area contributed by atoms with Gasteiger partial charge >= 0.3 is 0 Å². The molecule has 0 unspecified atom stereocenters. The Morgan fingerprint density at radius 1 is 1.50 bits per heavy atom. The van der Waals surface area contributed by atoms with E-state index in [1.165, 1.54) is 11.9 Å². The van der Waals surface area contributed by atoms with Gasteiger partial charge in [-0.05, 0) is 29.3 Å². The lowest BCUT2D eigenvalue weighted by Gasteiger charge is -2.10. The van der Waals surface area contributed by atoms with Crippen molar-refractivity contribution in [2.75, 3.05) is 5.32 Å². The Bertz CT molecular complexity index is 676. The average Bonchev–Trinajstić information content (AvgIpc) is 3.00. The summed E-state index contributed by atoms with van der Waals surface area (Å²) in [5.41, 5.74) is 2.09. The zero-order valence-corrected chi connectivity index (χ0v) is 11.2. The van der Waals surface area contributed by atoms with E-state index < -0.39 is 0 Å². The van der Waals surface area contributed by atoms with E-state index in [-0.39, 0.29) is 0 Å². The number of aromatic nitrogens is 4. The molecule has 0 bridgehead atoms. The minimum absolute atomic E-state index is 0.448. The quantitative estimate of drug-likeness (QED) is 0.749. The Morgan fingerprint density at radius 2 is 2.39 bits per heavy atom. The lowest BCUT2D eigenvalue weighted by molar-refractivity contribution is 0.915. The smallest absolute Gasteiger partial charge is 0.255 e. The van der Waals surface area contributed by atoms with Crippen molar-refractivity contribution in [2.45, 2.75) is 13.5 Å². The van der Waals surface area contributed by atoms with Gasteiger partial charge in [0.15, 0.2) is 0 Å². The molecule has 0 aliphatic carbocycles. The van der Waals surface area contributed by atoms with Gasteiger partial charge in [-0.3, -0.25) is 0 Å². The van der Waals surface area contributed by atoms with Gasteiger partial charge in [0.25, 0.3) is 5.78 Å². The van der Waals surface area contributed by atoms with Gasteiger partial charge in [-0.15, -0.1) is 0 Å². The highest BCUT2D eigenvalue weighted by atomic mass is 35.5. The SMILES string of the molecule is Cc1c(Cl)nc2ncnn2c1NCc1ccsc1. The Hall–Kier alpha value is -1.66. The maximum atomic E-state index is 6.08. The Labute approximate surface area is 112 Å². The molecule has 3 aromatic heterocycles. The second-order valence-corrected chi connectivity index (χ2v) is 4.97. The lowest BCUT2D eigenvalue weighted by Crippen LogP contribution is -2.08. The van der Waals surface area contributed by atoms with E-state index in [2.05, 4.69) is 37.2 Å². The molecule has 0 aromatic carbocycles. The normalized spacial score (nSPS) is 11.0. The molecule has 3 aromatic rings. The van der Waals surface area contributed by atoms with Gasteiger partial charge < -0.3 is 5.32 Å². The molecule has 0 aliphatic heterocycles. The van der Waals surface area contributed by atoms with Crippen LogP contribution in [-0.2, 0) is 6.54 Å².